The Labute approximate surface area is 260 Å². The van der Waals surface area contributed by atoms with Crippen LogP contribution in [0.5, 0.6) is 0 Å². The third-order valence-electron chi connectivity index (χ3n) is 6.87. The van der Waals surface area contributed by atoms with Gasteiger partial charge < -0.3 is 22.1 Å². The van der Waals surface area contributed by atoms with Crippen molar-refractivity contribution in [2.45, 2.75) is 26.7 Å². The predicted octanol–water partition coefficient (Wildman–Crippen LogP) is 6.85. The number of hydrogen-bond donors (Lipinski definition) is 4. The number of anilines is 4. The Balaban J connectivity index is 0.00000242. The fraction of sp³-hybridized carbons (Fsp3) is 0.161. The number of halogens is 2. The predicted molar refractivity (Wildman–Crippen MR) is 179 cm³/mol. The molecule has 0 fully saturated rings. The molecule has 3 aromatic heterocycles. The number of nitrogens with two attached hydrogens (primary N) is 2. The van der Waals surface area contributed by atoms with E-state index in [2.05, 4.69) is 27.2 Å². The zero-order valence-corrected chi connectivity index (χ0v) is 25.6. The van der Waals surface area contributed by atoms with Gasteiger partial charge in [-0.3, -0.25) is 19.6 Å². The third-order valence-corrected chi connectivity index (χ3v) is 7.75. The van der Waals surface area contributed by atoms with Gasteiger partial charge in [-0.1, -0.05) is 12.1 Å². The van der Waals surface area contributed by atoms with Crippen LogP contribution in [0.4, 0.5) is 22.7 Å². The SMILES string of the molecule is C=CCC(Cc1cccs1)(C(=O)Nc1ccc2nc(C)cc(N)c2c1)C(=O)Nc1ccc2nc(C)cc(N)c2c1.Cl.Cl. The van der Waals surface area contributed by atoms with Crippen molar-refractivity contribution in [2.75, 3.05) is 22.1 Å². The molecule has 0 atom stereocenters. The zero-order chi connectivity index (χ0) is 28.4. The molecule has 0 aliphatic carbocycles. The van der Waals surface area contributed by atoms with Crippen molar-refractivity contribution in [1.29, 1.82) is 0 Å². The van der Waals surface area contributed by atoms with Crippen LogP contribution in [0.3, 0.4) is 0 Å². The number of carbonyl (C=O) groups excluding carboxylic acids is 2. The number of nitrogens with zero attached hydrogens (tertiary/aromatic N) is 2. The van der Waals surface area contributed by atoms with Crippen LogP contribution in [-0.2, 0) is 16.0 Å². The molecular weight excluding hydrogens is 591 g/mol. The minimum absolute atomic E-state index is 0. The van der Waals surface area contributed by atoms with Gasteiger partial charge in [0.2, 0.25) is 11.8 Å². The lowest BCUT2D eigenvalue weighted by molar-refractivity contribution is -0.137. The van der Waals surface area contributed by atoms with Crippen LogP contribution in [0, 0.1) is 19.3 Å². The van der Waals surface area contributed by atoms with E-state index >= 15 is 0 Å². The molecule has 0 spiro atoms. The van der Waals surface area contributed by atoms with Crippen LogP contribution in [-0.4, -0.2) is 21.8 Å². The molecule has 5 aromatic rings. The van der Waals surface area contributed by atoms with E-state index < -0.39 is 17.2 Å². The molecule has 2 amide bonds. The summed E-state index contributed by atoms with van der Waals surface area (Å²) in [6.45, 7) is 7.62. The van der Waals surface area contributed by atoms with Crippen molar-refractivity contribution in [2.24, 2.45) is 5.41 Å². The molecule has 218 valence electrons. The molecule has 8 nitrogen and oxygen atoms in total. The van der Waals surface area contributed by atoms with Crippen LogP contribution in [0.1, 0.15) is 22.7 Å². The highest BCUT2D eigenvalue weighted by molar-refractivity contribution is 7.09. The fourth-order valence-electron chi connectivity index (χ4n) is 4.91. The molecule has 0 aliphatic rings. The van der Waals surface area contributed by atoms with Crippen LogP contribution in [0.2, 0.25) is 0 Å². The number of aromatic nitrogens is 2. The van der Waals surface area contributed by atoms with E-state index in [-0.39, 0.29) is 37.7 Å². The standard InChI is InChI=1S/C31H30N6O2S.2ClH/c1-4-11-31(17-22-6-5-12-40-22,29(38)36-20-7-9-27-23(15-20)25(32)13-18(2)34-27)30(39)37-21-8-10-28-24(16-21)26(33)14-19(3)35-28;;/h4-10,12-16H,1,11,17H2,2-3H3,(H2,32,34)(H2,33,35)(H,36,38)(H,37,39);2*1H. The summed E-state index contributed by atoms with van der Waals surface area (Å²) in [5, 5.41) is 9.30. The van der Waals surface area contributed by atoms with Crippen molar-refractivity contribution in [3.63, 3.8) is 0 Å². The number of hydrogen-bond acceptors (Lipinski definition) is 7. The first-order valence-corrected chi connectivity index (χ1v) is 13.7. The third kappa shape index (κ3) is 6.49. The van der Waals surface area contributed by atoms with Crippen molar-refractivity contribution in [3.05, 3.63) is 95.0 Å². The van der Waals surface area contributed by atoms with Crippen molar-refractivity contribution >= 4 is 92.5 Å². The van der Waals surface area contributed by atoms with Crippen molar-refractivity contribution < 1.29 is 9.59 Å². The average molecular weight is 624 g/mol. The maximum atomic E-state index is 14.1. The Hall–Kier alpha value is -4.18. The first-order valence-electron chi connectivity index (χ1n) is 12.8. The van der Waals surface area contributed by atoms with Gasteiger partial charge in [-0.25, -0.2) is 0 Å². The maximum Gasteiger partial charge on any atom is 0.240 e. The Morgan fingerprint density at radius 1 is 0.857 bits per heavy atom. The largest absolute Gasteiger partial charge is 0.398 e. The number of nitrogens with one attached hydrogen (secondary N) is 2. The number of pyridine rings is 2. The number of allylic oxidation sites excluding steroid dienone is 1. The summed E-state index contributed by atoms with van der Waals surface area (Å²) in [7, 11) is 0. The average Bonchev–Trinajstić information content (AvgIpc) is 3.42. The lowest BCUT2D eigenvalue weighted by Gasteiger charge is -2.30. The second-order valence-corrected chi connectivity index (χ2v) is 10.9. The Morgan fingerprint density at radius 2 is 1.36 bits per heavy atom. The number of amides is 2. The van der Waals surface area contributed by atoms with Crippen LogP contribution in [0.25, 0.3) is 21.8 Å². The molecule has 0 saturated carbocycles. The molecule has 11 heteroatoms. The van der Waals surface area contributed by atoms with E-state index in [1.54, 1.807) is 54.6 Å². The molecule has 0 saturated heterocycles. The van der Waals surface area contributed by atoms with E-state index in [9.17, 15) is 9.59 Å². The summed E-state index contributed by atoms with van der Waals surface area (Å²) in [6.07, 6.45) is 1.92. The highest BCUT2D eigenvalue weighted by atomic mass is 35.5. The number of thiophene rings is 1. The van der Waals surface area contributed by atoms with E-state index in [1.165, 1.54) is 11.3 Å². The lowest BCUT2D eigenvalue weighted by atomic mass is 9.78. The fourth-order valence-corrected chi connectivity index (χ4v) is 5.73. The second kappa shape index (κ2) is 13.2. The number of benzene rings is 2. The topological polar surface area (TPSA) is 136 Å². The van der Waals surface area contributed by atoms with Gasteiger partial charge in [-0.05, 0) is 80.2 Å². The first-order chi connectivity index (χ1) is 19.2. The highest BCUT2D eigenvalue weighted by Crippen LogP contribution is 2.35. The van der Waals surface area contributed by atoms with E-state index in [0.29, 0.717) is 22.7 Å². The summed E-state index contributed by atoms with van der Waals surface area (Å²) in [5.41, 5.74) is 16.2. The molecule has 5 rings (SSSR count). The highest BCUT2D eigenvalue weighted by Gasteiger charge is 2.45. The summed E-state index contributed by atoms with van der Waals surface area (Å²) in [5.74, 6) is -0.900. The zero-order valence-electron chi connectivity index (χ0n) is 23.1. The van der Waals surface area contributed by atoms with Gasteiger partial charge in [0.15, 0.2) is 0 Å². The first kappa shape index (κ1) is 32.3. The van der Waals surface area contributed by atoms with Crippen LogP contribution in [0.15, 0.2) is 78.7 Å². The van der Waals surface area contributed by atoms with E-state index in [1.807, 2.05) is 31.4 Å². The van der Waals surface area contributed by atoms with Gasteiger partial charge in [0.25, 0.3) is 0 Å². The summed E-state index contributed by atoms with van der Waals surface area (Å²) in [6, 6.07) is 18.1. The number of nitrogen functional groups attached to an aromatic ring is 2. The molecule has 0 aliphatic heterocycles. The second-order valence-electron chi connectivity index (χ2n) is 9.91. The van der Waals surface area contributed by atoms with E-state index in [0.717, 1.165) is 38.1 Å². The summed E-state index contributed by atoms with van der Waals surface area (Å²) in [4.78, 5) is 38.1. The molecule has 2 aromatic carbocycles. The Kier molecular flexibility index (Phi) is 10.2. The minimum atomic E-state index is -1.48. The van der Waals surface area contributed by atoms with Gasteiger partial charge in [-0.2, -0.15) is 0 Å². The minimum Gasteiger partial charge on any atom is -0.398 e. The number of fused-ring (bicyclic) bond motifs is 2. The van der Waals surface area contributed by atoms with Crippen LogP contribution < -0.4 is 22.1 Å². The van der Waals surface area contributed by atoms with Gasteiger partial charge in [-0.15, -0.1) is 42.7 Å². The monoisotopic (exact) mass is 622 g/mol. The molecule has 0 radical (unpaired) electrons. The molecule has 0 bridgehead atoms. The van der Waals surface area contributed by atoms with Crippen LogP contribution >= 0.6 is 36.2 Å². The van der Waals surface area contributed by atoms with Crippen molar-refractivity contribution in [1.82, 2.24) is 9.97 Å². The number of carbonyl (C=O) groups is 2. The quantitative estimate of drug-likeness (QED) is 0.110. The van der Waals surface area contributed by atoms with Gasteiger partial charge in [0, 0.05) is 56.2 Å². The summed E-state index contributed by atoms with van der Waals surface area (Å²) >= 11 is 1.49. The number of rotatable bonds is 8. The Bertz CT molecular complexity index is 1670. The molecular formula is C31H32Cl2N6O2S. The van der Waals surface area contributed by atoms with E-state index in [4.69, 9.17) is 11.5 Å². The van der Waals surface area contributed by atoms with Gasteiger partial charge in [0.1, 0.15) is 5.41 Å². The van der Waals surface area contributed by atoms with Crippen molar-refractivity contribution in [3.8, 4) is 0 Å². The summed E-state index contributed by atoms with van der Waals surface area (Å²) < 4.78 is 0. The normalized spacial score (nSPS) is 10.9. The maximum absolute atomic E-state index is 14.1. The molecule has 6 N–H and O–H groups in total. The Morgan fingerprint density at radius 3 is 1.79 bits per heavy atom. The smallest absolute Gasteiger partial charge is 0.240 e. The molecule has 0 unspecified atom stereocenters. The van der Waals surface area contributed by atoms with Gasteiger partial charge >= 0.3 is 0 Å². The molecule has 42 heavy (non-hydrogen) atoms. The number of aryl methyl sites for hydroxylation is 2. The molecule has 3 heterocycles. The van der Waals surface area contributed by atoms with Gasteiger partial charge in [0.05, 0.1) is 11.0 Å². The lowest BCUT2D eigenvalue weighted by Crippen LogP contribution is -2.47.